The molecule has 0 aliphatic carbocycles. The normalized spacial score (nSPS) is 20.4. The average molecular weight is 1230 g/mol. The van der Waals surface area contributed by atoms with Crippen LogP contribution < -0.4 is 37.5 Å². The number of aromatic amines is 1. The Labute approximate surface area is 501 Å². The lowest BCUT2D eigenvalue weighted by molar-refractivity contribution is -0.144. The number of halogens is 1. The Balaban J connectivity index is 0.857. The molecular formula is C59H75ClN11O12PS. The fraction of sp³-hybridized carbons (Fsp3) is 0.475. The molecule has 0 unspecified atom stereocenters. The third-order valence-corrected chi connectivity index (χ3v) is 18.1. The number of H-pyrrole nitrogens is 1. The summed E-state index contributed by atoms with van der Waals surface area (Å²) in [5, 5.41) is 12.4. The molecule has 0 saturated carbocycles. The van der Waals surface area contributed by atoms with Crippen LogP contribution in [0.5, 0.6) is 5.75 Å². The molecule has 85 heavy (non-hydrogen) atoms. The van der Waals surface area contributed by atoms with Gasteiger partial charge < -0.3 is 66.9 Å². The number of nitrogens with zero attached hydrogens (tertiary/aromatic N) is 4. The standard InChI is InChI=1S/C59H75ClN11O12PS/c1-32(34-13-15-36(16-14-34)51-33(2)63-31-85-51)64-55(76)46-27-39(61)28-70(46)57(78)52(59(3,4)5)68-49(73)12-8-10-35-9-7-11-47(50(35)60)83-30-40(18-22-48(62)72)65-54(75)45-21-19-41-23-24-69(6)29-44(56(77)71(41)45)67-53(74)43-26-38-25-37(17-20-42(38)66-43)58(79)84(80,81)82/h7,9,11,13-17,20,25-26,31-32,39-41,44-46,52,66H,8,10,12,18-19,21-24,27-30,61H2,1-6H3,(H2,62,72)(H,64,76)(H,65,75)(H,67,74)(H,68,73)(H2,80,81,82)/t32-,39+,40-,41+,44-,45-,46-,52+/m0/s1. The van der Waals surface area contributed by atoms with Gasteiger partial charge in [-0.2, -0.15) is 0 Å². The Bertz CT molecular complexity index is 3380. The third kappa shape index (κ3) is 15.7. The van der Waals surface area contributed by atoms with Crippen molar-refractivity contribution < 1.29 is 57.4 Å². The first-order valence-electron chi connectivity index (χ1n) is 28.4. The highest BCUT2D eigenvalue weighted by Crippen LogP contribution is 2.40. The van der Waals surface area contributed by atoms with Gasteiger partial charge in [-0.1, -0.05) is 68.8 Å². The van der Waals surface area contributed by atoms with E-state index in [0.29, 0.717) is 55.1 Å². The number of fused-ring (bicyclic) bond motifs is 2. The number of likely N-dealkylation sites (N-methyl/N-ethyl adjacent to an activating group) is 1. The van der Waals surface area contributed by atoms with Crippen molar-refractivity contribution >= 4 is 88.3 Å². The second-order valence-electron chi connectivity index (χ2n) is 23.5. The summed E-state index contributed by atoms with van der Waals surface area (Å²) in [4.78, 5) is 141. The zero-order chi connectivity index (χ0) is 61.7. The zero-order valence-electron chi connectivity index (χ0n) is 48.4. The van der Waals surface area contributed by atoms with E-state index >= 15 is 0 Å². The van der Waals surface area contributed by atoms with Crippen molar-refractivity contribution in [2.45, 2.75) is 141 Å². The number of nitrogens with one attached hydrogen (secondary N) is 5. The van der Waals surface area contributed by atoms with Crippen LogP contribution >= 0.6 is 30.5 Å². The number of ether oxygens (including phenoxy) is 1. The number of thiazole rings is 1. The molecule has 23 nitrogen and oxygen atoms in total. The fourth-order valence-corrected chi connectivity index (χ4v) is 12.9. The minimum atomic E-state index is -5.06. The van der Waals surface area contributed by atoms with Crippen LogP contribution in [0, 0.1) is 12.3 Å². The number of aryl methyl sites for hydroxylation is 2. The highest BCUT2D eigenvalue weighted by molar-refractivity contribution is 7.70. The molecule has 0 bridgehead atoms. The van der Waals surface area contributed by atoms with E-state index in [1.54, 1.807) is 35.0 Å². The fourth-order valence-electron chi connectivity index (χ4n) is 11.3. The quantitative estimate of drug-likeness (QED) is 0.0418. The molecule has 0 radical (unpaired) electrons. The maximum atomic E-state index is 14.5. The number of carbonyl (C=O) groups is 8. The van der Waals surface area contributed by atoms with Crippen molar-refractivity contribution in [2.75, 3.05) is 33.3 Å². The predicted octanol–water partition coefficient (Wildman–Crippen LogP) is 4.85. The molecule has 3 aliphatic rings. The van der Waals surface area contributed by atoms with Crippen molar-refractivity contribution in [3.63, 3.8) is 0 Å². The number of hydrogen-bond donors (Lipinski definition) is 9. The van der Waals surface area contributed by atoms with Gasteiger partial charge in [0.2, 0.25) is 35.4 Å². The van der Waals surface area contributed by atoms with E-state index in [-0.39, 0.29) is 91.3 Å². The average Bonchev–Trinajstić information content (AvgIpc) is 4.36. The lowest BCUT2D eigenvalue weighted by atomic mass is 9.85. The summed E-state index contributed by atoms with van der Waals surface area (Å²) in [5.41, 5.74) is 15.4. The van der Waals surface area contributed by atoms with Gasteiger partial charge in [0.15, 0.2) is 0 Å². The van der Waals surface area contributed by atoms with Crippen LogP contribution in [-0.2, 0) is 39.8 Å². The third-order valence-electron chi connectivity index (χ3n) is 15.9. The monoisotopic (exact) mass is 1230 g/mol. The predicted molar refractivity (Wildman–Crippen MR) is 320 cm³/mol. The number of hydrogen-bond acceptors (Lipinski definition) is 14. The molecule has 7 amide bonds. The summed E-state index contributed by atoms with van der Waals surface area (Å²) in [6.07, 6.45) is 2.40. The van der Waals surface area contributed by atoms with Gasteiger partial charge in [0, 0.05) is 54.5 Å². The molecule has 26 heteroatoms. The number of primary amides is 1. The topological polar surface area (TPSA) is 342 Å². The molecule has 3 saturated heterocycles. The molecule has 5 heterocycles. The lowest BCUT2D eigenvalue weighted by Gasteiger charge is -2.38. The Morgan fingerprint density at radius 1 is 0.941 bits per heavy atom. The van der Waals surface area contributed by atoms with Crippen LogP contribution in [0.4, 0.5) is 0 Å². The summed E-state index contributed by atoms with van der Waals surface area (Å²) in [7, 11) is -3.24. The summed E-state index contributed by atoms with van der Waals surface area (Å²) in [6, 6.07) is 12.7. The first kappa shape index (κ1) is 64.0. The van der Waals surface area contributed by atoms with Crippen LogP contribution in [0.25, 0.3) is 21.3 Å². The number of nitrogens with two attached hydrogens (primary N) is 2. The molecule has 8 atom stereocenters. The maximum Gasteiger partial charge on any atom is 0.396 e. The van der Waals surface area contributed by atoms with E-state index in [4.69, 9.17) is 27.8 Å². The molecule has 3 aromatic carbocycles. The molecule has 3 aliphatic heterocycles. The van der Waals surface area contributed by atoms with Crippen LogP contribution in [-0.4, -0.2) is 157 Å². The molecule has 3 fully saturated rings. The van der Waals surface area contributed by atoms with E-state index in [1.165, 1.54) is 34.1 Å². The smallest absolute Gasteiger partial charge is 0.396 e. The maximum absolute atomic E-state index is 14.5. The Morgan fingerprint density at radius 3 is 2.35 bits per heavy atom. The Morgan fingerprint density at radius 2 is 1.67 bits per heavy atom. The van der Waals surface area contributed by atoms with Crippen molar-refractivity contribution in [3.05, 3.63) is 105 Å². The van der Waals surface area contributed by atoms with Crippen molar-refractivity contribution in [1.82, 2.24) is 45.9 Å². The van der Waals surface area contributed by atoms with Crippen LogP contribution in [0.3, 0.4) is 0 Å². The SMILES string of the molecule is Cc1ncsc1-c1ccc([C@H](C)NC(=O)[C@@H]2C[C@@H](N)CN2C(=O)[C@@H](NC(=O)CCCc2cccc(OC[C@H](CCC(N)=O)NC(=O)[C@@H]3CC[C@@H]4CCN(C)C[C@H](NC(=O)c5cc6cc(C(=O)P(=O)(O)O)ccc6[nH]5)C(=O)N43)c2Cl)C(C)(C)C)cc1. The Kier molecular flexibility index (Phi) is 20.4. The summed E-state index contributed by atoms with van der Waals surface area (Å²) >= 11 is 8.48. The van der Waals surface area contributed by atoms with E-state index in [9.17, 15) is 52.7 Å². The van der Waals surface area contributed by atoms with E-state index in [2.05, 4.69) is 31.2 Å². The van der Waals surface area contributed by atoms with Gasteiger partial charge in [-0.05, 0) is 125 Å². The van der Waals surface area contributed by atoms with Gasteiger partial charge in [0.25, 0.3) is 11.4 Å². The highest BCUT2D eigenvalue weighted by Gasteiger charge is 2.46. The largest absolute Gasteiger partial charge is 0.490 e. The highest BCUT2D eigenvalue weighted by atomic mass is 35.5. The number of benzene rings is 3. The van der Waals surface area contributed by atoms with Gasteiger partial charge in [-0.3, -0.25) is 42.9 Å². The van der Waals surface area contributed by atoms with Gasteiger partial charge in [-0.15, -0.1) is 11.3 Å². The summed E-state index contributed by atoms with van der Waals surface area (Å²) < 4.78 is 17.8. The first-order chi connectivity index (χ1) is 40.2. The second kappa shape index (κ2) is 27.1. The van der Waals surface area contributed by atoms with Gasteiger partial charge in [-0.25, -0.2) is 4.98 Å². The molecular weight excluding hydrogens is 1150 g/mol. The molecule has 2 aromatic heterocycles. The summed E-state index contributed by atoms with van der Waals surface area (Å²) in [5.74, 6) is -3.06. The van der Waals surface area contributed by atoms with Crippen molar-refractivity contribution in [2.24, 2.45) is 16.9 Å². The number of amides is 7. The first-order valence-corrected chi connectivity index (χ1v) is 31.2. The Hall–Kier alpha value is -7.05. The lowest BCUT2D eigenvalue weighted by Crippen LogP contribution is -2.60. The van der Waals surface area contributed by atoms with Crippen LogP contribution in [0.15, 0.2) is 72.2 Å². The van der Waals surface area contributed by atoms with Crippen LogP contribution in [0.2, 0.25) is 5.02 Å². The van der Waals surface area contributed by atoms with E-state index < -0.39 is 84.3 Å². The van der Waals surface area contributed by atoms with E-state index in [0.717, 1.165) is 21.7 Å². The number of rotatable bonds is 22. The molecule has 11 N–H and O–H groups in total. The second-order valence-corrected chi connectivity index (χ2v) is 26.2. The molecule has 8 rings (SSSR count). The zero-order valence-corrected chi connectivity index (χ0v) is 50.9. The van der Waals surface area contributed by atoms with Crippen LogP contribution in [0.1, 0.15) is 123 Å². The molecule has 0 spiro atoms. The minimum absolute atomic E-state index is 0.0286. The van der Waals surface area contributed by atoms with Crippen molar-refractivity contribution in [1.29, 1.82) is 0 Å². The van der Waals surface area contributed by atoms with Gasteiger partial charge in [0.1, 0.15) is 42.2 Å². The number of likely N-dealkylation sites (tertiary alicyclic amines) is 1. The van der Waals surface area contributed by atoms with Gasteiger partial charge >= 0.3 is 7.60 Å². The minimum Gasteiger partial charge on any atom is -0.490 e. The van der Waals surface area contributed by atoms with Gasteiger partial charge in [0.05, 0.1) is 33.2 Å². The van der Waals surface area contributed by atoms with E-state index in [1.807, 2.05) is 70.8 Å². The number of carbonyl (C=O) groups excluding carboxylic acids is 8. The number of aromatic nitrogens is 2. The molecule has 456 valence electrons. The summed E-state index contributed by atoms with van der Waals surface area (Å²) in [6.45, 7) is 10.1. The molecule has 5 aromatic rings. The van der Waals surface area contributed by atoms with Crippen molar-refractivity contribution in [3.8, 4) is 16.2 Å².